The van der Waals surface area contributed by atoms with Gasteiger partial charge in [0.1, 0.15) is 0 Å². The Hall–Kier alpha value is -2.37. The SMILES string of the molecule is CC1(C(=O)O)CCC(n2ncc(C(=O)N(CCc3c(Cl)cncc3Cl)C[C@]3(C)CCCO3)c2C(F)(F)F)CC1. The van der Waals surface area contributed by atoms with Gasteiger partial charge in [0.2, 0.25) is 0 Å². The van der Waals surface area contributed by atoms with Crippen molar-refractivity contribution in [2.75, 3.05) is 19.7 Å². The van der Waals surface area contributed by atoms with Crippen molar-refractivity contribution in [3.8, 4) is 0 Å². The van der Waals surface area contributed by atoms with Gasteiger partial charge in [-0.25, -0.2) is 0 Å². The first-order valence-electron chi connectivity index (χ1n) is 12.8. The van der Waals surface area contributed by atoms with Gasteiger partial charge in [0.15, 0.2) is 5.69 Å². The smallest absolute Gasteiger partial charge is 0.433 e. The summed E-state index contributed by atoms with van der Waals surface area (Å²) in [5.74, 6) is -1.79. The van der Waals surface area contributed by atoms with E-state index in [9.17, 15) is 27.9 Å². The van der Waals surface area contributed by atoms with E-state index < -0.39 is 46.4 Å². The molecule has 0 radical (unpaired) electrons. The molecule has 1 saturated heterocycles. The molecule has 1 aliphatic heterocycles. The highest BCUT2D eigenvalue weighted by atomic mass is 35.5. The van der Waals surface area contributed by atoms with Crippen LogP contribution >= 0.6 is 23.2 Å². The van der Waals surface area contributed by atoms with Crippen molar-refractivity contribution in [3.05, 3.63) is 45.5 Å². The molecule has 2 aromatic rings. The van der Waals surface area contributed by atoms with Gasteiger partial charge < -0.3 is 14.7 Å². The summed E-state index contributed by atoms with van der Waals surface area (Å²) in [6.45, 7) is 4.06. The highest BCUT2D eigenvalue weighted by Crippen LogP contribution is 2.43. The van der Waals surface area contributed by atoms with Crippen molar-refractivity contribution in [2.24, 2.45) is 5.41 Å². The van der Waals surface area contributed by atoms with Crippen LogP contribution in [0.2, 0.25) is 10.0 Å². The van der Waals surface area contributed by atoms with Crippen molar-refractivity contribution in [1.82, 2.24) is 19.7 Å². The molecular weight excluding hydrogens is 560 g/mol. The predicted octanol–water partition coefficient (Wildman–Crippen LogP) is 6.06. The molecule has 1 amide bonds. The fourth-order valence-corrected chi connectivity index (χ4v) is 6.04. The maximum Gasteiger partial charge on any atom is 0.433 e. The molecule has 0 aromatic carbocycles. The molecule has 2 aromatic heterocycles. The maximum atomic E-state index is 14.4. The van der Waals surface area contributed by atoms with Gasteiger partial charge in [-0.2, -0.15) is 18.3 Å². The quantitative estimate of drug-likeness (QED) is 0.401. The molecule has 2 fully saturated rings. The molecule has 1 N–H and O–H groups in total. The zero-order chi connectivity index (χ0) is 28.6. The lowest BCUT2D eigenvalue weighted by Gasteiger charge is -2.35. The van der Waals surface area contributed by atoms with E-state index in [4.69, 9.17) is 27.9 Å². The van der Waals surface area contributed by atoms with Gasteiger partial charge in [0, 0.05) is 32.1 Å². The Labute approximate surface area is 234 Å². The number of hydrogen-bond donors (Lipinski definition) is 1. The zero-order valence-corrected chi connectivity index (χ0v) is 23.2. The van der Waals surface area contributed by atoms with Crippen LogP contribution in [0.25, 0.3) is 0 Å². The van der Waals surface area contributed by atoms with E-state index in [2.05, 4.69) is 10.1 Å². The summed E-state index contributed by atoms with van der Waals surface area (Å²) in [6, 6.07) is -0.672. The summed E-state index contributed by atoms with van der Waals surface area (Å²) in [5.41, 5.74) is -2.84. The number of hydrogen-bond acceptors (Lipinski definition) is 5. The summed E-state index contributed by atoms with van der Waals surface area (Å²) in [6.07, 6.45) is 1.42. The van der Waals surface area contributed by atoms with Gasteiger partial charge in [0.25, 0.3) is 5.91 Å². The Morgan fingerprint density at radius 2 is 1.79 bits per heavy atom. The largest absolute Gasteiger partial charge is 0.481 e. The van der Waals surface area contributed by atoms with Gasteiger partial charge in [-0.15, -0.1) is 0 Å². The zero-order valence-electron chi connectivity index (χ0n) is 21.7. The number of halogens is 5. The molecule has 214 valence electrons. The number of aromatic nitrogens is 3. The summed E-state index contributed by atoms with van der Waals surface area (Å²) in [4.78, 5) is 30.7. The third kappa shape index (κ3) is 6.36. The average Bonchev–Trinajstić information content (AvgIpc) is 3.50. The highest BCUT2D eigenvalue weighted by molar-refractivity contribution is 6.35. The average molecular weight is 591 g/mol. The molecule has 13 heteroatoms. The molecule has 8 nitrogen and oxygen atoms in total. The molecule has 0 bridgehead atoms. The van der Waals surface area contributed by atoms with Gasteiger partial charge >= 0.3 is 12.1 Å². The first kappa shape index (κ1) is 29.6. The fourth-order valence-electron chi connectivity index (χ4n) is 5.49. The van der Waals surface area contributed by atoms with Crippen LogP contribution in [0.4, 0.5) is 13.2 Å². The van der Waals surface area contributed by atoms with Gasteiger partial charge in [-0.05, 0) is 64.4 Å². The van der Waals surface area contributed by atoms with Crippen LogP contribution in [0.5, 0.6) is 0 Å². The number of ether oxygens (including phenoxy) is 1. The van der Waals surface area contributed by atoms with Gasteiger partial charge in [-0.3, -0.25) is 19.3 Å². The first-order valence-corrected chi connectivity index (χ1v) is 13.6. The van der Waals surface area contributed by atoms with Crippen molar-refractivity contribution >= 4 is 35.1 Å². The Bertz CT molecular complexity index is 1200. The molecule has 1 atom stereocenters. The van der Waals surface area contributed by atoms with Gasteiger partial charge in [0.05, 0.1) is 38.9 Å². The van der Waals surface area contributed by atoms with Crippen molar-refractivity contribution in [3.63, 3.8) is 0 Å². The highest BCUT2D eigenvalue weighted by Gasteiger charge is 2.45. The molecular formula is C26H31Cl2F3N4O4. The topological polar surface area (TPSA) is 97.5 Å². The number of carboxylic acids is 1. The van der Waals surface area contributed by atoms with E-state index in [0.29, 0.717) is 28.6 Å². The Morgan fingerprint density at radius 3 is 2.33 bits per heavy atom. The summed E-state index contributed by atoms with van der Waals surface area (Å²) in [5, 5.41) is 14.1. The molecule has 0 spiro atoms. The summed E-state index contributed by atoms with van der Waals surface area (Å²) in [7, 11) is 0. The van der Waals surface area contributed by atoms with Crippen LogP contribution in [-0.2, 0) is 22.1 Å². The molecule has 2 aliphatic rings. The number of carboxylic acid groups (broad SMARTS) is 1. The molecule has 1 saturated carbocycles. The van der Waals surface area contributed by atoms with E-state index >= 15 is 0 Å². The van der Waals surface area contributed by atoms with Crippen molar-refractivity contribution in [2.45, 2.75) is 76.6 Å². The molecule has 3 heterocycles. The van der Waals surface area contributed by atoms with Crippen LogP contribution in [0.3, 0.4) is 0 Å². The van der Waals surface area contributed by atoms with Crippen LogP contribution in [0, 0.1) is 5.41 Å². The van der Waals surface area contributed by atoms with E-state index in [-0.39, 0.29) is 45.2 Å². The lowest BCUT2D eigenvalue weighted by molar-refractivity contribution is -0.152. The molecule has 4 rings (SSSR count). The maximum absolute atomic E-state index is 14.4. The normalized spacial score (nSPS) is 25.6. The fraction of sp³-hybridized carbons (Fsp3) is 0.615. The minimum atomic E-state index is -4.85. The van der Waals surface area contributed by atoms with Crippen LogP contribution in [0.15, 0.2) is 18.6 Å². The van der Waals surface area contributed by atoms with Crippen molar-refractivity contribution in [1.29, 1.82) is 0 Å². The summed E-state index contributed by atoms with van der Waals surface area (Å²) < 4.78 is 50.0. The minimum absolute atomic E-state index is 0.0457. The standard InChI is InChI=1S/C26H31Cl2F3N4O4/c1-24(23(37)38)8-4-16(5-9-24)35-21(26(29,30)31)18(12-33-35)22(36)34(15-25(2)7-3-11-39-25)10-6-17-19(27)13-32-14-20(17)28/h12-14,16H,3-11,15H2,1-2H3,(H,37,38)/t16?,24?,25-/m0/s1. The number of alkyl halides is 3. The number of carbonyl (C=O) groups excluding carboxylic acids is 1. The lowest BCUT2D eigenvalue weighted by Crippen LogP contribution is -2.45. The monoisotopic (exact) mass is 590 g/mol. The first-order chi connectivity index (χ1) is 18.2. The summed E-state index contributed by atoms with van der Waals surface area (Å²) >= 11 is 12.5. The third-order valence-corrected chi connectivity index (χ3v) is 8.56. The van der Waals surface area contributed by atoms with E-state index in [0.717, 1.165) is 17.3 Å². The second kappa shape index (κ2) is 11.2. The number of carbonyl (C=O) groups is 2. The Morgan fingerprint density at radius 1 is 1.15 bits per heavy atom. The lowest BCUT2D eigenvalue weighted by atomic mass is 9.74. The van der Waals surface area contributed by atoms with Crippen LogP contribution in [-0.4, -0.2) is 61.9 Å². The number of pyridine rings is 1. The number of rotatable bonds is 8. The molecule has 39 heavy (non-hydrogen) atoms. The number of aliphatic carboxylic acids is 1. The van der Waals surface area contributed by atoms with Gasteiger partial charge in [-0.1, -0.05) is 23.2 Å². The Balaban J connectivity index is 1.65. The van der Waals surface area contributed by atoms with E-state index in [1.165, 1.54) is 17.3 Å². The molecule has 0 unspecified atom stereocenters. The number of nitrogens with zero attached hydrogens (tertiary/aromatic N) is 4. The minimum Gasteiger partial charge on any atom is -0.481 e. The van der Waals surface area contributed by atoms with Crippen molar-refractivity contribution < 1.29 is 32.6 Å². The predicted molar refractivity (Wildman–Crippen MR) is 138 cm³/mol. The third-order valence-electron chi connectivity index (χ3n) is 7.91. The number of amides is 1. The second-order valence-electron chi connectivity index (χ2n) is 10.9. The van der Waals surface area contributed by atoms with Crippen LogP contribution < -0.4 is 0 Å². The van der Waals surface area contributed by atoms with Crippen LogP contribution in [0.1, 0.15) is 80.0 Å². The Kier molecular flexibility index (Phi) is 8.54. The molecule has 1 aliphatic carbocycles. The van der Waals surface area contributed by atoms with E-state index in [1.807, 2.05) is 6.92 Å². The second-order valence-corrected chi connectivity index (χ2v) is 11.7. The van der Waals surface area contributed by atoms with E-state index in [1.54, 1.807) is 6.92 Å².